The molecule has 6 nitrogen and oxygen atoms in total. The number of hydrazone groups is 1. The Balaban J connectivity index is 1.37. The Labute approximate surface area is 165 Å². The van der Waals surface area contributed by atoms with Crippen molar-refractivity contribution < 1.29 is 9.21 Å². The van der Waals surface area contributed by atoms with Crippen LogP contribution in [0, 0.1) is 0 Å². The molecule has 136 valence electrons. The summed E-state index contributed by atoms with van der Waals surface area (Å²) in [6, 6.07) is 17.1. The fourth-order valence-corrected chi connectivity index (χ4v) is 3.50. The van der Waals surface area contributed by atoms with E-state index in [9.17, 15) is 4.79 Å². The fraction of sp³-hybridized carbons (Fsp3) is 0.158. The van der Waals surface area contributed by atoms with Crippen molar-refractivity contribution in [3.05, 3.63) is 65.2 Å². The summed E-state index contributed by atoms with van der Waals surface area (Å²) in [4.78, 5) is 12.4. The summed E-state index contributed by atoms with van der Waals surface area (Å²) < 4.78 is 5.60. The van der Waals surface area contributed by atoms with Crippen molar-refractivity contribution in [2.45, 2.75) is 11.6 Å². The molecule has 0 fully saturated rings. The highest BCUT2D eigenvalue weighted by molar-refractivity contribution is 7.99. The average Bonchev–Trinajstić information content (AvgIpc) is 3.37. The van der Waals surface area contributed by atoms with Crippen LogP contribution in [0.4, 0.5) is 0 Å². The molecule has 1 amide bonds. The second kappa shape index (κ2) is 7.94. The molecule has 4 rings (SSSR count). The van der Waals surface area contributed by atoms with E-state index in [1.165, 1.54) is 16.8 Å². The second-order valence-electron chi connectivity index (χ2n) is 5.85. The smallest absolute Gasteiger partial charge is 0.277 e. The first-order valence-electron chi connectivity index (χ1n) is 8.34. The van der Waals surface area contributed by atoms with Gasteiger partial charge < -0.3 is 4.42 Å². The number of benzene rings is 2. The van der Waals surface area contributed by atoms with Gasteiger partial charge in [-0.25, -0.2) is 5.01 Å². The number of carbonyl (C=O) groups is 1. The molecule has 0 bridgehead atoms. The zero-order chi connectivity index (χ0) is 18.6. The normalized spacial score (nSPS) is 13.7. The first kappa shape index (κ1) is 17.8. The number of thioether (sulfide) groups is 1. The SMILES string of the molecule is O=C(CSc1nnc(-c2cccc(Cl)c2)o1)N1CCC(c2ccccc2)=N1. The Bertz CT molecular complexity index is 990. The number of carbonyl (C=O) groups excluding carboxylic acids is 1. The van der Waals surface area contributed by atoms with Gasteiger partial charge in [-0.3, -0.25) is 4.79 Å². The quantitative estimate of drug-likeness (QED) is 0.604. The number of nitrogens with zero attached hydrogens (tertiary/aromatic N) is 4. The molecule has 0 spiro atoms. The van der Waals surface area contributed by atoms with Gasteiger partial charge in [-0.2, -0.15) is 5.10 Å². The van der Waals surface area contributed by atoms with Crippen LogP contribution in [-0.2, 0) is 4.79 Å². The van der Waals surface area contributed by atoms with E-state index in [2.05, 4.69) is 15.3 Å². The van der Waals surface area contributed by atoms with Crippen LogP contribution in [0.3, 0.4) is 0 Å². The van der Waals surface area contributed by atoms with Crippen molar-refractivity contribution >= 4 is 35.0 Å². The van der Waals surface area contributed by atoms with E-state index < -0.39 is 0 Å². The Hall–Kier alpha value is -2.64. The first-order valence-corrected chi connectivity index (χ1v) is 9.71. The van der Waals surface area contributed by atoms with Gasteiger partial charge >= 0.3 is 0 Å². The Morgan fingerprint density at radius 3 is 2.74 bits per heavy atom. The molecule has 0 unspecified atom stereocenters. The van der Waals surface area contributed by atoms with Gasteiger partial charge in [0.2, 0.25) is 5.89 Å². The van der Waals surface area contributed by atoms with Crippen molar-refractivity contribution in [1.29, 1.82) is 0 Å². The van der Waals surface area contributed by atoms with Crippen LogP contribution in [0.5, 0.6) is 0 Å². The Morgan fingerprint density at radius 1 is 1.11 bits per heavy atom. The van der Waals surface area contributed by atoms with Gasteiger partial charge in [-0.05, 0) is 23.8 Å². The predicted octanol–water partition coefficient (Wildman–Crippen LogP) is 4.12. The third-order valence-electron chi connectivity index (χ3n) is 3.99. The highest BCUT2D eigenvalue weighted by Gasteiger charge is 2.22. The van der Waals surface area contributed by atoms with E-state index in [1.807, 2.05) is 42.5 Å². The fourth-order valence-electron chi connectivity index (χ4n) is 2.67. The molecule has 2 aromatic carbocycles. The first-order chi connectivity index (χ1) is 13.2. The van der Waals surface area contributed by atoms with Gasteiger partial charge in [0.1, 0.15) is 0 Å². The highest BCUT2D eigenvalue weighted by atomic mass is 35.5. The van der Waals surface area contributed by atoms with E-state index >= 15 is 0 Å². The molecule has 0 aliphatic carbocycles. The van der Waals surface area contributed by atoms with Crippen LogP contribution in [-0.4, -0.2) is 39.1 Å². The molecular weight excluding hydrogens is 384 g/mol. The molecule has 0 atom stereocenters. The molecule has 8 heteroatoms. The topological polar surface area (TPSA) is 71.6 Å². The Morgan fingerprint density at radius 2 is 1.93 bits per heavy atom. The molecular formula is C19H15ClN4O2S. The minimum Gasteiger partial charge on any atom is -0.411 e. The largest absolute Gasteiger partial charge is 0.411 e. The molecule has 2 heterocycles. The zero-order valence-electron chi connectivity index (χ0n) is 14.2. The molecule has 0 N–H and O–H groups in total. The second-order valence-corrected chi connectivity index (χ2v) is 7.21. The van der Waals surface area contributed by atoms with E-state index in [0.717, 1.165) is 23.3 Å². The summed E-state index contributed by atoms with van der Waals surface area (Å²) in [6.07, 6.45) is 0.750. The van der Waals surface area contributed by atoms with Gasteiger partial charge in [-0.15, -0.1) is 10.2 Å². The van der Waals surface area contributed by atoms with Crippen molar-refractivity contribution in [2.24, 2.45) is 5.10 Å². The van der Waals surface area contributed by atoms with Crippen molar-refractivity contribution in [3.63, 3.8) is 0 Å². The minimum absolute atomic E-state index is 0.0894. The summed E-state index contributed by atoms with van der Waals surface area (Å²) in [6.45, 7) is 0.585. The monoisotopic (exact) mass is 398 g/mol. The lowest BCUT2D eigenvalue weighted by Crippen LogP contribution is -2.25. The van der Waals surface area contributed by atoms with Crippen molar-refractivity contribution in [3.8, 4) is 11.5 Å². The standard InChI is InChI=1S/C19H15ClN4O2S/c20-15-8-4-7-14(11-15)18-21-22-19(26-18)27-12-17(25)24-10-9-16(23-24)13-5-2-1-3-6-13/h1-8,11H,9-10,12H2. The van der Waals surface area contributed by atoms with Crippen LogP contribution in [0.2, 0.25) is 5.02 Å². The summed E-state index contributed by atoms with van der Waals surface area (Å²) in [7, 11) is 0. The van der Waals surface area contributed by atoms with Gasteiger partial charge in [-0.1, -0.05) is 59.8 Å². The number of amides is 1. The van der Waals surface area contributed by atoms with Gasteiger partial charge in [0.05, 0.1) is 18.0 Å². The number of rotatable bonds is 5. The summed E-state index contributed by atoms with van der Waals surface area (Å²) in [5.74, 6) is 0.467. The molecule has 0 radical (unpaired) electrons. The molecule has 1 aliphatic rings. The van der Waals surface area contributed by atoms with Gasteiger partial charge in [0, 0.05) is 17.0 Å². The lowest BCUT2D eigenvalue weighted by Gasteiger charge is -2.09. The van der Waals surface area contributed by atoms with E-state index in [0.29, 0.717) is 22.7 Å². The molecule has 0 saturated carbocycles. The van der Waals surface area contributed by atoms with Gasteiger partial charge in [0.15, 0.2) is 0 Å². The van der Waals surface area contributed by atoms with Crippen LogP contribution in [0.15, 0.2) is 69.3 Å². The van der Waals surface area contributed by atoms with E-state index in [-0.39, 0.29) is 11.7 Å². The molecule has 0 saturated heterocycles. The third-order valence-corrected chi connectivity index (χ3v) is 5.03. The zero-order valence-corrected chi connectivity index (χ0v) is 15.8. The van der Waals surface area contributed by atoms with Crippen LogP contribution >= 0.6 is 23.4 Å². The Kier molecular flexibility index (Phi) is 5.22. The summed E-state index contributed by atoms with van der Waals surface area (Å²) >= 11 is 7.17. The molecule has 1 aliphatic heterocycles. The maximum absolute atomic E-state index is 12.4. The lowest BCUT2D eigenvalue weighted by molar-refractivity contribution is -0.127. The number of aromatic nitrogens is 2. The third kappa shape index (κ3) is 4.20. The average molecular weight is 399 g/mol. The highest BCUT2D eigenvalue weighted by Crippen LogP contribution is 2.25. The van der Waals surface area contributed by atoms with Crippen LogP contribution < -0.4 is 0 Å². The van der Waals surface area contributed by atoms with E-state index in [4.69, 9.17) is 16.0 Å². The lowest BCUT2D eigenvalue weighted by atomic mass is 10.1. The minimum atomic E-state index is -0.0894. The molecule has 1 aromatic heterocycles. The number of halogens is 1. The van der Waals surface area contributed by atoms with Crippen molar-refractivity contribution in [1.82, 2.24) is 15.2 Å². The molecule has 3 aromatic rings. The maximum Gasteiger partial charge on any atom is 0.277 e. The van der Waals surface area contributed by atoms with Gasteiger partial charge in [0.25, 0.3) is 11.1 Å². The van der Waals surface area contributed by atoms with E-state index in [1.54, 1.807) is 12.1 Å². The van der Waals surface area contributed by atoms with Crippen LogP contribution in [0.1, 0.15) is 12.0 Å². The summed E-state index contributed by atoms with van der Waals surface area (Å²) in [5, 5.41) is 14.9. The maximum atomic E-state index is 12.4. The summed E-state index contributed by atoms with van der Waals surface area (Å²) in [5.41, 5.74) is 2.71. The van der Waals surface area contributed by atoms with Crippen molar-refractivity contribution in [2.75, 3.05) is 12.3 Å². The number of hydrogen-bond donors (Lipinski definition) is 0. The number of hydrogen-bond acceptors (Lipinski definition) is 6. The van der Waals surface area contributed by atoms with Crippen LogP contribution in [0.25, 0.3) is 11.5 Å². The predicted molar refractivity (Wildman–Crippen MR) is 105 cm³/mol. The molecule has 27 heavy (non-hydrogen) atoms.